The average molecular weight is 313 g/mol. The number of aryl methyl sites for hydroxylation is 2. The van der Waals surface area contributed by atoms with Crippen LogP contribution < -0.4 is 0 Å². The molecule has 0 N–H and O–H groups in total. The third-order valence-corrected chi connectivity index (χ3v) is 5.85. The van der Waals surface area contributed by atoms with Gasteiger partial charge in [-0.05, 0) is 42.9 Å². The molecule has 5 aliphatic rings. The lowest BCUT2D eigenvalue weighted by Crippen LogP contribution is -2.79. The van der Waals surface area contributed by atoms with Crippen molar-refractivity contribution in [3.63, 3.8) is 0 Å². The lowest BCUT2D eigenvalue weighted by atomic mass is 9.89. The highest BCUT2D eigenvalue weighted by atomic mass is 16.1. The Bertz CT molecular complexity index is 621. The predicted molar refractivity (Wildman–Crippen MR) is 87.3 cm³/mol. The van der Waals surface area contributed by atoms with E-state index in [9.17, 15) is 4.79 Å². The summed E-state index contributed by atoms with van der Waals surface area (Å²) < 4.78 is 0.899. The normalized spacial score (nSPS) is 37.7. The van der Waals surface area contributed by atoms with Crippen LogP contribution in [0.15, 0.2) is 18.2 Å². The summed E-state index contributed by atoms with van der Waals surface area (Å²) in [4.78, 5) is 20.4. The third kappa shape index (κ3) is 2.43. The Hall–Kier alpha value is -1.27. The number of quaternary nitrogens is 1. The molecule has 1 aliphatic carbocycles. The molecule has 6 rings (SSSR count). The van der Waals surface area contributed by atoms with Crippen LogP contribution in [0.5, 0.6) is 0 Å². The summed E-state index contributed by atoms with van der Waals surface area (Å²) in [5.41, 5.74) is 3.80. The lowest BCUT2D eigenvalue weighted by molar-refractivity contribution is -0.973. The van der Waals surface area contributed by atoms with E-state index in [0.717, 1.165) is 56.5 Å². The van der Waals surface area contributed by atoms with Crippen LogP contribution in [0.4, 0.5) is 0 Å². The van der Waals surface area contributed by atoms with Crippen LogP contribution in [0, 0.1) is 0 Å². The maximum absolute atomic E-state index is 12.9. The van der Waals surface area contributed by atoms with Crippen LogP contribution in [0.2, 0.25) is 0 Å². The Morgan fingerprint density at radius 1 is 0.913 bits per heavy atom. The minimum atomic E-state index is 0.323. The molecule has 4 saturated heterocycles. The minimum Gasteiger partial charge on any atom is -0.288 e. The number of benzene rings is 1. The van der Waals surface area contributed by atoms with E-state index < -0.39 is 0 Å². The van der Waals surface area contributed by atoms with E-state index in [1.807, 2.05) is 0 Å². The number of hydrogen-bond donors (Lipinski definition) is 0. The van der Waals surface area contributed by atoms with Gasteiger partial charge in [0.1, 0.15) is 26.6 Å². The highest BCUT2D eigenvalue weighted by Crippen LogP contribution is 2.29. The second kappa shape index (κ2) is 5.11. The van der Waals surface area contributed by atoms with Crippen LogP contribution in [0.1, 0.15) is 34.3 Å². The zero-order valence-electron chi connectivity index (χ0n) is 13.7. The number of Topliss-reactive ketones (excluding diaryl/α,β-unsaturated/α-hetero) is 1. The van der Waals surface area contributed by atoms with Crippen molar-refractivity contribution >= 4 is 5.78 Å². The van der Waals surface area contributed by atoms with Crippen molar-refractivity contribution in [1.82, 2.24) is 14.7 Å². The first-order chi connectivity index (χ1) is 11.2. The number of carbonyl (C=O) groups excluding carboxylic acids is 1. The Morgan fingerprint density at radius 3 is 2.17 bits per heavy atom. The van der Waals surface area contributed by atoms with Crippen molar-refractivity contribution in [3.8, 4) is 0 Å². The second-order valence-corrected chi connectivity index (χ2v) is 7.97. The van der Waals surface area contributed by atoms with Gasteiger partial charge in [-0.1, -0.05) is 12.1 Å². The van der Waals surface area contributed by atoms with E-state index in [2.05, 4.69) is 32.9 Å². The average Bonchev–Trinajstić information content (AvgIpc) is 2.52. The summed E-state index contributed by atoms with van der Waals surface area (Å²) in [5.74, 6) is 0.323. The van der Waals surface area contributed by atoms with Crippen LogP contribution in [0.25, 0.3) is 0 Å². The fraction of sp³-hybridized carbons (Fsp3) is 0.611. The van der Waals surface area contributed by atoms with Crippen molar-refractivity contribution in [2.24, 2.45) is 0 Å². The van der Waals surface area contributed by atoms with E-state index in [0.29, 0.717) is 12.3 Å². The number of hydrogen-bond acceptors (Lipinski definition) is 4. The van der Waals surface area contributed by atoms with Gasteiger partial charge in [0.25, 0.3) is 0 Å². The van der Waals surface area contributed by atoms with Crippen LogP contribution in [0.3, 0.4) is 0 Å². The molecule has 0 unspecified atom stereocenters. The number of rotatable bonds is 3. The van der Waals surface area contributed by atoms with E-state index in [4.69, 9.17) is 0 Å². The smallest absolute Gasteiger partial charge is 0.217 e. The van der Waals surface area contributed by atoms with Crippen LogP contribution in [-0.4, -0.2) is 71.5 Å². The monoisotopic (exact) mass is 313 g/mol. The molecule has 0 amide bonds. The minimum absolute atomic E-state index is 0.323. The Kier molecular flexibility index (Phi) is 3.14. The van der Waals surface area contributed by atoms with Gasteiger partial charge in [0.2, 0.25) is 5.78 Å². The van der Waals surface area contributed by atoms with Crippen molar-refractivity contribution in [1.29, 1.82) is 0 Å². The topological polar surface area (TPSA) is 26.8 Å². The molecule has 5 heteroatoms. The molecule has 0 radical (unpaired) electrons. The van der Waals surface area contributed by atoms with E-state index >= 15 is 0 Å². The molecule has 4 heterocycles. The number of fused-ring (bicyclic) bond motifs is 1. The molecule has 4 aliphatic heterocycles. The molecule has 23 heavy (non-hydrogen) atoms. The summed E-state index contributed by atoms with van der Waals surface area (Å²) in [6.45, 7) is 6.95. The number of nitrogens with zero attached hydrogens (tertiary/aromatic N) is 4. The maximum Gasteiger partial charge on any atom is 0.217 e. The molecule has 0 atom stereocenters. The summed E-state index contributed by atoms with van der Waals surface area (Å²) in [6, 6.07) is 6.45. The first kappa shape index (κ1) is 14.1. The third-order valence-electron chi connectivity index (χ3n) is 5.85. The van der Waals surface area contributed by atoms with E-state index in [-0.39, 0.29) is 0 Å². The Labute approximate surface area is 137 Å². The first-order valence-electron chi connectivity index (χ1n) is 8.86. The van der Waals surface area contributed by atoms with Gasteiger partial charge in [-0.2, -0.15) is 0 Å². The van der Waals surface area contributed by atoms with Crippen molar-refractivity contribution in [2.75, 3.05) is 46.6 Å². The maximum atomic E-state index is 12.9. The Balaban J connectivity index is 1.37. The zero-order chi connectivity index (χ0) is 15.4. The summed E-state index contributed by atoms with van der Waals surface area (Å²) >= 11 is 0. The fourth-order valence-electron chi connectivity index (χ4n) is 5.11. The molecule has 0 aromatic heterocycles. The fourth-order valence-corrected chi connectivity index (χ4v) is 5.11. The zero-order valence-corrected chi connectivity index (χ0v) is 13.7. The summed E-state index contributed by atoms with van der Waals surface area (Å²) in [7, 11) is 0. The van der Waals surface area contributed by atoms with Crippen molar-refractivity contribution in [2.45, 2.75) is 25.7 Å². The highest BCUT2D eigenvalue weighted by molar-refractivity contribution is 5.97. The molecular weight excluding hydrogens is 288 g/mol. The lowest BCUT2D eigenvalue weighted by Gasteiger charge is -2.60. The summed E-state index contributed by atoms with van der Waals surface area (Å²) in [6.07, 6.45) is 4.89. The molecular formula is C18H25N4O+. The van der Waals surface area contributed by atoms with Crippen molar-refractivity contribution in [3.05, 3.63) is 34.9 Å². The molecule has 0 spiro atoms. The molecule has 4 bridgehead atoms. The van der Waals surface area contributed by atoms with Gasteiger partial charge in [-0.3, -0.25) is 9.28 Å². The van der Waals surface area contributed by atoms with Gasteiger partial charge < -0.3 is 0 Å². The van der Waals surface area contributed by atoms with Crippen LogP contribution >= 0.6 is 0 Å². The molecule has 122 valence electrons. The molecule has 0 saturated carbocycles. The van der Waals surface area contributed by atoms with Gasteiger partial charge in [0.15, 0.2) is 0 Å². The van der Waals surface area contributed by atoms with Gasteiger partial charge >= 0.3 is 0 Å². The van der Waals surface area contributed by atoms with Gasteiger partial charge in [0.05, 0.1) is 20.0 Å². The van der Waals surface area contributed by atoms with Crippen LogP contribution in [-0.2, 0) is 12.8 Å². The van der Waals surface area contributed by atoms with Crippen molar-refractivity contribution < 1.29 is 9.28 Å². The highest BCUT2D eigenvalue weighted by Gasteiger charge is 2.49. The first-order valence-corrected chi connectivity index (χ1v) is 8.86. The van der Waals surface area contributed by atoms with Gasteiger partial charge in [-0.25, -0.2) is 14.7 Å². The second-order valence-electron chi connectivity index (χ2n) is 7.97. The molecule has 1 aromatic rings. The van der Waals surface area contributed by atoms with E-state index in [1.54, 1.807) is 0 Å². The largest absolute Gasteiger partial charge is 0.288 e. The molecule has 4 fully saturated rings. The number of carbonyl (C=O) groups is 1. The van der Waals surface area contributed by atoms with E-state index in [1.165, 1.54) is 30.4 Å². The Morgan fingerprint density at radius 2 is 1.52 bits per heavy atom. The molecule has 1 aromatic carbocycles. The summed E-state index contributed by atoms with van der Waals surface area (Å²) in [5, 5.41) is 0. The SMILES string of the molecule is O=C(C[N+]12CN3CN(CN(C3)C1)C2)c1ccc2c(c1)CCCC2. The van der Waals surface area contributed by atoms with Gasteiger partial charge in [0, 0.05) is 5.56 Å². The number of ketones is 1. The quantitative estimate of drug-likeness (QED) is 0.620. The standard InChI is InChI=1S/C18H25N4O/c23-18(17-6-5-15-3-1-2-4-16(15)7-17)8-22-12-19-9-20(13-22)11-21(10-19)14-22/h5-7H,1-4,8-14H2/q+1. The van der Waals surface area contributed by atoms with Gasteiger partial charge in [-0.15, -0.1) is 0 Å². The molecule has 5 nitrogen and oxygen atoms in total. The predicted octanol–water partition coefficient (Wildman–Crippen LogP) is 1.26.